The zero-order chi connectivity index (χ0) is 18.0. The van der Waals surface area contributed by atoms with E-state index in [2.05, 4.69) is 15.2 Å². The van der Waals surface area contributed by atoms with Gasteiger partial charge in [-0.2, -0.15) is 4.31 Å². The average molecular weight is 369 g/mol. The third-order valence-corrected chi connectivity index (χ3v) is 6.64. The highest BCUT2D eigenvalue weighted by atomic mass is 32.2. The summed E-state index contributed by atoms with van der Waals surface area (Å²) in [4.78, 5) is 4.42. The molecule has 4 rings (SSSR count). The molecule has 1 aliphatic rings. The van der Waals surface area contributed by atoms with E-state index in [1.54, 1.807) is 47.6 Å². The number of hydrogen-bond donors (Lipinski definition) is 0. The Morgan fingerprint density at radius 1 is 0.962 bits per heavy atom. The maximum absolute atomic E-state index is 13.0. The van der Waals surface area contributed by atoms with Crippen molar-refractivity contribution in [3.8, 4) is 11.1 Å². The number of sulfonamides is 1. The van der Waals surface area contributed by atoms with Crippen LogP contribution in [0.3, 0.4) is 0 Å². The van der Waals surface area contributed by atoms with Crippen molar-refractivity contribution in [3.63, 3.8) is 0 Å². The highest BCUT2D eigenvalue weighted by Gasteiger charge is 2.30. The minimum absolute atomic E-state index is 0.248. The Hall–Kier alpha value is -2.58. The maximum Gasteiger partial charge on any atom is 0.243 e. The summed E-state index contributed by atoms with van der Waals surface area (Å²) in [6, 6.07) is 11.1. The molecule has 1 saturated heterocycles. The lowest BCUT2D eigenvalue weighted by Crippen LogP contribution is -2.38. The quantitative estimate of drug-likeness (QED) is 0.705. The molecule has 1 fully saturated rings. The van der Waals surface area contributed by atoms with E-state index < -0.39 is 10.0 Å². The van der Waals surface area contributed by atoms with Crippen LogP contribution in [0.2, 0.25) is 0 Å². The van der Waals surface area contributed by atoms with Crippen LogP contribution in [0, 0.1) is 0 Å². The van der Waals surface area contributed by atoms with Crippen molar-refractivity contribution in [2.75, 3.05) is 13.1 Å². The summed E-state index contributed by atoms with van der Waals surface area (Å²) in [6.45, 7) is 0.977. The zero-order valence-corrected chi connectivity index (χ0v) is 15.0. The Kier molecular flexibility index (Phi) is 4.52. The Morgan fingerprint density at radius 2 is 1.69 bits per heavy atom. The van der Waals surface area contributed by atoms with Crippen molar-refractivity contribution in [3.05, 3.63) is 61.4 Å². The molecule has 3 aromatic rings. The van der Waals surface area contributed by atoms with Gasteiger partial charge in [0.15, 0.2) is 0 Å². The second-order valence-electron chi connectivity index (χ2n) is 6.31. The SMILES string of the molecule is O=S(=O)(c1cccc(-c2cccnc2)c1)N1CCC(n2cnnc2)CC1. The van der Waals surface area contributed by atoms with E-state index in [4.69, 9.17) is 0 Å². The summed E-state index contributed by atoms with van der Waals surface area (Å²) >= 11 is 0. The molecule has 0 N–H and O–H groups in total. The standard InChI is InChI=1S/C18H19N5O2S/c24-26(25,23-9-6-17(7-10-23)22-13-20-21-14-22)18-5-1-3-15(11-18)16-4-2-8-19-12-16/h1-5,8,11-14,17H,6-7,9-10H2. The summed E-state index contributed by atoms with van der Waals surface area (Å²) in [6.07, 6.45) is 8.30. The van der Waals surface area contributed by atoms with Gasteiger partial charge in [0.1, 0.15) is 12.7 Å². The fourth-order valence-corrected chi connectivity index (χ4v) is 4.81. The third-order valence-electron chi connectivity index (χ3n) is 4.75. The molecule has 0 saturated carbocycles. The molecule has 2 aromatic heterocycles. The second-order valence-corrected chi connectivity index (χ2v) is 8.25. The van der Waals surface area contributed by atoms with Crippen molar-refractivity contribution in [2.24, 2.45) is 0 Å². The van der Waals surface area contributed by atoms with Gasteiger partial charge < -0.3 is 4.57 Å². The van der Waals surface area contributed by atoms with Crippen molar-refractivity contribution in [1.82, 2.24) is 24.1 Å². The molecule has 8 heteroatoms. The Balaban J connectivity index is 1.54. The molecule has 3 heterocycles. The van der Waals surface area contributed by atoms with E-state index in [1.165, 1.54) is 0 Å². The van der Waals surface area contributed by atoms with Crippen LogP contribution < -0.4 is 0 Å². The molecule has 0 atom stereocenters. The predicted octanol–water partition coefficient (Wildman–Crippen LogP) is 2.37. The fourth-order valence-electron chi connectivity index (χ4n) is 3.30. The third kappa shape index (κ3) is 3.25. The molecule has 7 nitrogen and oxygen atoms in total. The van der Waals surface area contributed by atoms with Gasteiger partial charge in [-0.15, -0.1) is 10.2 Å². The largest absolute Gasteiger partial charge is 0.317 e. The first kappa shape index (κ1) is 16.9. The number of pyridine rings is 1. The average Bonchev–Trinajstić information content (AvgIpc) is 3.24. The molecule has 26 heavy (non-hydrogen) atoms. The van der Waals surface area contributed by atoms with Gasteiger partial charge in [0.2, 0.25) is 10.0 Å². The lowest BCUT2D eigenvalue weighted by atomic mass is 10.1. The van der Waals surface area contributed by atoms with E-state index in [-0.39, 0.29) is 6.04 Å². The number of rotatable bonds is 4. The lowest BCUT2D eigenvalue weighted by molar-refractivity contribution is 0.273. The van der Waals surface area contributed by atoms with Gasteiger partial charge in [-0.3, -0.25) is 4.98 Å². The normalized spacial score (nSPS) is 16.6. The monoisotopic (exact) mass is 369 g/mol. The van der Waals surface area contributed by atoms with Crippen molar-refractivity contribution >= 4 is 10.0 Å². The first-order chi connectivity index (χ1) is 12.6. The van der Waals surface area contributed by atoms with Gasteiger partial charge in [0.25, 0.3) is 0 Å². The van der Waals surface area contributed by atoms with Crippen LogP contribution in [0.15, 0.2) is 66.3 Å². The van der Waals surface area contributed by atoms with Gasteiger partial charge in [-0.05, 0) is 36.6 Å². The van der Waals surface area contributed by atoms with Gasteiger partial charge in [0.05, 0.1) is 4.90 Å². The van der Waals surface area contributed by atoms with E-state index in [0.717, 1.165) is 24.0 Å². The zero-order valence-electron chi connectivity index (χ0n) is 14.1. The smallest absolute Gasteiger partial charge is 0.243 e. The van der Waals surface area contributed by atoms with Crippen LogP contribution in [-0.4, -0.2) is 45.6 Å². The molecule has 0 spiro atoms. The molecule has 0 aliphatic carbocycles. The minimum atomic E-state index is -3.51. The topological polar surface area (TPSA) is 81.0 Å². The molecule has 0 bridgehead atoms. The van der Waals surface area contributed by atoms with Crippen molar-refractivity contribution < 1.29 is 8.42 Å². The van der Waals surface area contributed by atoms with Crippen molar-refractivity contribution in [1.29, 1.82) is 0 Å². The Labute approximate surface area is 152 Å². The van der Waals surface area contributed by atoms with E-state index in [0.29, 0.717) is 18.0 Å². The summed E-state index contributed by atoms with van der Waals surface area (Å²) in [7, 11) is -3.51. The minimum Gasteiger partial charge on any atom is -0.317 e. The van der Waals surface area contributed by atoms with Crippen LogP contribution >= 0.6 is 0 Å². The number of nitrogens with zero attached hydrogens (tertiary/aromatic N) is 5. The van der Waals surface area contributed by atoms with Crippen LogP contribution in [-0.2, 0) is 10.0 Å². The summed E-state index contributed by atoms with van der Waals surface area (Å²) in [5.41, 5.74) is 1.74. The lowest BCUT2D eigenvalue weighted by Gasteiger charge is -2.31. The Morgan fingerprint density at radius 3 is 2.38 bits per heavy atom. The van der Waals surface area contributed by atoms with E-state index in [1.807, 2.05) is 22.8 Å². The number of benzene rings is 1. The number of hydrogen-bond acceptors (Lipinski definition) is 5. The molecule has 1 aromatic carbocycles. The van der Waals surface area contributed by atoms with Crippen LogP contribution in [0.1, 0.15) is 18.9 Å². The summed E-state index contributed by atoms with van der Waals surface area (Å²) in [5, 5.41) is 7.65. The molecule has 0 unspecified atom stereocenters. The second kappa shape index (κ2) is 6.97. The molecular weight excluding hydrogens is 350 g/mol. The first-order valence-electron chi connectivity index (χ1n) is 8.49. The molecular formula is C18H19N5O2S. The Bertz CT molecular complexity index is 966. The molecule has 0 amide bonds. The molecule has 1 aliphatic heterocycles. The van der Waals surface area contributed by atoms with E-state index >= 15 is 0 Å². The van der Waals surface area contributed by atoms with Gasteiger partial charge in [-0.25, -0.2) is 8.42 Å². The predicted molar refractivity (Wildman–Crippen MR) is 96.7 cm³/mol. The van der Waals surface area contributed by atoms with Gasteiger partial charge in [-0.1, -0.05) is 18.2 Å². The van der Waals surface area contributed by atoms with Gasteiger partial charge in [0, 0.05) is 37.1 Å². The van der Waals surface area contributed by atoms with E-state index in [9.17, 15) is 8.42 Å². The highest BCUT2D eigenvalue weighted by Crippen LogP contribution is 2.28. The van der Waals surface area contributed by atoms with Gasteiger partial charge >= 0.3 is 0 Å². The van der Waals surface area contributed by atoms with Crippen molar-refractivity contribution in [2.45, 2.75) is 23.8 Å². The maximum atomic E-state index is 13.0. The number of aromatic nitrogens is 4. The van der Waals surface area contributed by atoms with Crippen LogP contribution in [0.5, 0.6) is 0 Å². The first-order valence-corrected chi connectivity index (χ1v) is 9.93. The molecule has 134 valence electrons. The highest BCUT2D eigenvalue weighted by molar-refractivity contribution is 7.89. The number of piperidine rings is 1. The fraction of sp³-hybridized carbons (Fsp3) is 0.278. The van der Waals surface area contributed by atoms with Crippen LogP contribution in [0.4, 0.5) is 0 Å². The van der Waals surface area contributed by atoms with Crippen LogP contribution in [0.25, 0.3) is 11.1 Å². The molecule has 0 radical (unpaired) electrons. The summed E-state index contributed by atoms with van der Waals surface area (Å²) < 4.78 is 29.6. The summed E-state index contributed by atoms with van der Waals surface area (Å²) in [5.74, 6) is 0.